The quantitative estimate of drug-likeness (QED) is 0.510. The van der Waals surface area contributed by atoms with Crippen molar-refractivity contribution in [2.45, 2.75) is 12.8 Å². The molecule has 103 valence electrons. The molecule has 0 saturated heterocycles. The standard InChI is InChI=1S/C13H18O4S.Ac/c14-7-9-18-10-8-17-12-4-1-11(2-5-12)3-6-13(15)16;/h1-2,4-5,14H,3,6-10H2,(H,15,16);. The van der Waals surface area contributed by atoms with Crippen molar-refractivity contribution in [3.05, 3.63) is 29.8 Å². The maximum atomic E-state index is 10.4. The Bertz CT molecular complexity index is 356. The van der Waals surface area contributed by atoms with Crippen molar-refractivity contribution >= 4 is 17.7 Å². The van der Waals surface area contributed by atoms with Crippen molar-refractivity contribution in [3.8, 4) is 5.75 Å². The number of aliphatic hydroxyl groups is 1. The van der Waals surface area contributed by atoms with E-state index in [2.05, 4.69) is 0 Å². The summed E-state index contributed by atoms with van der Waals surface area (Å²) in [4.78, 5) is 10.4. The molecule has 2 N–H and O–H groups in total. The third-order valence-corrected chi connectivity index (χ3v) is 3.21. The Balaban J connectivity index is 0.00000324. The minimum Gasteiger partial charge on any atom is -0.493 e. The molecule has 0 aliphatic heterocycles. The van der Waals surface area contributed by atoms with E-state index in [0.717, 1.165) is 22.8 Å². The zero-order valence-electron chi connectivity index (χ0n) is 10.7. The predicted octanol–water partition coefficient (Wildman–Crippen LogP) is 1.81. The molecule has 0 aromatic heterocycles. The van der Waals surface area contributed by atoms with E-state index in [9.17, 15) is 4.79 Å². The van der Waals surface area contributed by atoms with Gasteiger partial charge in [0, 0.05) is 62.0 Å². The van der Waals surface area contributed by atoms with E-state index in [1.54, 1.807) is 11.8 Å². The van der Waals surface area contributed by atoms with E-state index < -0.39 is 5.97 Å². The number of hydrogen-bond donors (Lipinski definition) is 2. The van der Waals surface area contributed by atoms with Gasteiger partial charge in [-0.05, 0) is 24.1 Å². The number of benzene rings is 1. The average Bonchev–Trinajstić information content (AvgIpc) is 2.37. The Morgan fingerprint density at radius 3 is 2.47 bits per heavy atom. The first kappa shape index (κ1) is 19.2. The summed E-state index contributed by atoms with van der Waals surface area (Å²) in [6, 6.07) is 7.49. The Morgan fingerprint density at radius 1 is 1.21 bits per heavy atom. The van der Waals surface area contributed by atoms with Gasteiger partial charge in [0.15, 0.2) is 0 Å². The summed E-state index contributed by atoms with van der Waals surface area (Å²) < 4.78 is 5.51. The minimum atomic E-state index is -0.781. The molecule has 0 saturated carbocycles. The third kappa shape index (κ3) is 9.73. The number of aryl methyl sites for hydroxylation is 1. The number of carboxylic acid groups (broad SMARTS) is 1. The van der Waals surface area contributed by atoms with E-state index in [1.165, 1.54) is 0 Å². The maximum Gasteiger partial charge on any atom is 0.303 e. The number of ether oxygens (including phenoxy) is 1. The topological polar surface area (TPSA) is 66.8 Å². The van der Waals surface area contributed by atoms with Gasteiger partial charge in [0.1, 0.15) is 5.75 Å². The van der Waals surface area contributed by atoms with Crippen LogP contribution in [0, 0.1) is 44.1 Å². The van der Waals surface area contributed by atoms with Crippen LogP contribution in [-0.2, 0) is 11.2 Å². The average molecular weight is 497 g/mol. The van der Waals surface area contributed by atoms with Gasteiger partial charge in [-0.2, -0.15) is 11.8 Å². The second-order valence-corrected chi connectivity index (χ2v) is 4.95. The minimum absolute atomic E-state index is 0. The van der Waals surface area contributed by atoms with Crippen molar-refractivity contribution in [3.63, 3.8) is 0 Å². The monoisotopic (exact) mass is 497 g/mol. The van der Waals surface area contributed by atoms with Gasteiger partial charge in [0.05, 0.1) is 13.2 Å². The Hall–Kier alpha value is 0.242. The summed E-state index contributed by atoms with van der Waals surface area (Å²) in [5.74, 6) is 1.59. The molecule has 0 fully saturated rings. The summed E-state index contributed by atoms with van der Waals surface area (Å²) in [6.45, 7) is 0.808. The molecule has 0 amide bonds. The van der Waals surface area contributed by atoms with Gasteiger partial charge in [-0.3, -0.25) is 4.79 Å². The van der Waals surface area contributed by atoms with Crippen molar-refractivity contribution < 1.29 is 63.8 Å². The van der Waals surface area contributed by atoms with E-state index in [0.29, 0.717) is 13.0 Å². The van der Waals surface area contributed by atoms with E-state index >= 15 is 0 Å². The first-order valence-electron chi connectivity index (χ1n) is 5.84. The zero-order chi connectivity index (χ0) is 13.2. The zero-order valence-corrected chi connectivity index (χ0v) is 16.3. The van der Waals surface area contributed by atoms with E-state index in [1.807, 2.05) is 24.3 Å². The fourth-order valence-corrected chi connectivity index (χ4v) is 1.92. The molecular weight excluding hydrogens is 479 g/mol. The molecule has 1 aromatic rings. The normalized spacial score (nSPS) is 9.74. The van der Waals surface area contributed by atoms with Gasteiger partial charge in [-0.25, -0.2) is 0 Å². The molecule has 0 heterocycles. The van der Waals surface area contributed by atoms with E-state index in [-0.39, 0.29) is 57.1 Å². The number of hydrogen-bond acceptors (Lipinski definition) is 4. The summed E-state index contributed by atoms with van der Waals surface area (Å²) in [5, 5.41) is 17.2. The summed E-state index contributed by atoms with van der Waals surface area (Å²) >= 11 is 1.65. The van der Waals surface area contributed by atoms with Crippen LogP contribution in [0.3, 0.4) is 0 Å². The van der Waals surface area contributed by atoms with Crippen LogP contribution in [0.2, 0.25) is 0 Å². The molecule has 19 heavy (non-hydrogen) atoms. The van der Waals surface area contributed by atoms with Crippen LogP contribution in [-0.4, -0.2) is 40.9 Å². The molecule has 1 radical (unpaired) electrons. The van der Waals surface area contributed by atoms with Gasteiger partial charge in [0.25, 0.3) is 0 Å². The largest absolute Gasteiger partial charge is 0.493 e. The third-order valence-electron chi connectivity index (χ3n) is 2.28. The molecule has 0 unspecified atom stereocenters. The van der Waals surface area contributed by atoms with Crippen LogP contribution >= 0.6 is 11.8 Å². The Morgan fingerprint density at radius 2 is 1.89 bits per heavy atom. The fourth-order valence-electron chi connectivity index (χ4n) is 1.39. The molecule has 0 bridgehead atoms. The number of aliphatic hydroxyl groups excluding tert-OH is 1. The molecule has 0 atom stereocenters. The molecule has 1 rings (SSSR count). The van der Waals surface area contributed by atoms with Crippen LogP contribution < -0.4 is 4.74 Å². The molecule has 6 heteroatoms. The molecule has 0 aliphatic carbocycles. The Labute approximate surface area is 153 Å². The van der Waals surface area contributed by atoms with Crippen LogP contribution in [0.25, 0.3) is 0 Å². The van der Waals surface area contributed by atoms with Gasteiger partial charge < -0.3 is 14.9 Å². The first-order valence-corrected chi connectivity index (χ1v) is 7.00. The van der Waals surface area contributed by atoms with Gasteiger partial charge in [0.2, 0.25) is 0 Å². The summed E-state index contributed by atoms with van der Waals surface area (Å²) in [7, 11) is 0. The van der Waals surface area contributed by atoms with Crippen molar-refractivity contribution in [1.29, 1.82) is 0 Å². The van der Waals surface area contributed by atoms with Gasteiger partial charge in [-0.1, -0.05) is 12.1 Å². The van der Waals surface area contributed by atoms with Crippen molar-refractivity contribution in [2.75, 3.05) is 24.7 Å². The summed E-state index contributed by atoms with van der Waals surface area (Å²) in [6.07, 6.45) is 0.694. The van der Waals surface area contributed by atoms with Gasteiger partial charge >= 0.3 is 5.97 Å². The molecule has 0 aliphatic rings. The van der Waals surface area contributed by atoms with Crippen LogP contribution in [0.4, 0.5) is 0 Å². The van der Waals surface area contributed by atoms with Gasteiger partial charge in [-0.15, -0.1) is 0 Å². The predicted molar refractivity (Wildman–Crippen MR) is 72.3 cm³/mol. The van der Waals surface area contributed by atoms with E-state index in [4.69, 9.17) is 14.9 Å². The molecule has 4 nitrogen and oxygen atoms in total. The first-order chi connectivity index (χ1) is 8.72. The SMILES string of the molecule is O=C(O)CCc1ccc(OCCSCCO)cc1.[Ac]. The molecule has 0 spiro atoms. The number of thioether (sulfide) groups is 1. The van der Waals surface area contributed by atoms with Crippen LogP contribution in [0.5, 0.6) is 5.75 Å². The summed E-state index contributed by atoms with van der Waals surface area (Å²) in [5.41, 5.74) is 0.999. The smallest absolute Gasteiger partial charge is 0.303 e. The second-order valence-electron chi connectivity index (χ2n) is 3.72. The molecular formula is C13H18AcO4S. The number of carboxylic acids is 1. The molecule has 1 aromatic carbocycles. The second kappa shape index (κ2) is 12.0. The van der Waals surface area contributed by atoms with Crippen LogP contribution in [0.1, 0.15) is 12.0 Å². The van der Waals surface area contributed by atoms with Crippen molar-refractivity contribution in [2.24, 2.45) is 0 Å². The Kier molecular flexibility index (Phi) is 12.2. The number of rotatable bonds is 9. The maximum absolute atomic E-state index is 10.4. The number of carbonyl (C=O) groups is 1. The van der Waals surface area contributed by atoms with Crippen molar-refractivity contribution in [1.82, 2.24) is 0 Å². The fraction of sp³-hybridized carbons (Fsp3) is 0.462. The van der Waals surface area contributed by atoms with Crippen LogP contribution in [0.15, 0.2) is 24.3 Å². The number of aliphatic carboxylic acids is 1.